The van der Waals surface area contributed by atoms with Gasteiger partial charge in [-0.25, -0.2) is 0 Å². The van der Waals surface area contributed by atoms with Crippen LogP contribution in [0.2, 0.25) is 0 Å². The molecule has 1 atom stereocenters. The van der Waals surface area contributed by atoms with Gasteiger partial charge in [0, 0.05) is 23.4 Å². The summed E-state index contributed by atoms with van der Waals surface area (Å²) in [6.45, 7) is 1.29. The second-order valence-electron chi connectivity index (χ2n) is 8.33. The zero-order chi connectivity index (χ0) is 25.4. The quantitative estimate of drug-likeness (QED) is 0.308. The molecule has 0 saturated heterocycles. The van der Waals surface area contributed by atoms with Crippen molar-refractivity contribution in [2.24, 2.45) is 0 Å². The van der Waals surface area contributed by atoms with E-state index in [1.165, 1.54) is 14.0 Å². The molecule has 1 unspecified atom stereocenters. The van der Waals surface area contributed by atoms with Gasteiger partial charge in [0.25, 0.3) is 17.7 Å². The highest BCUT2D eigenvalue weighted by Gasteiger charge is 2.35. The molecule has 5 rings (SSSR count). The van der Waals surface area contributed by atoms with E-state index in [1.807, 2.05) is 24.3 Å². The fourth-order valence-electron chi connectivity index (χ4n) is 4.21. The molecule has 0 aliphatic carbocycles. The van der Waals surface area contributed by atoms with Crippen molar-refractivity contribution in [1.82, 2.24) is 4.90 Å². The largest absolute Gasteiger partial charge is 0.495 e. The van der Waals surface area contributed by atoms with Gasteiger partial charge >= 0.3 is 5.97 Å². The van der Waals surface area contributed by atoms with E-state index in [0.29, 0.717) is 33.7 Å². The molecule has 1 N–H and O–H groups in total. The van der Waals surface area contributed by atoms with Gasteiger partial charge in [-0.1, -0.05) is 30.3 Å². The Kier molecular flexibility index (Phi) is 5.89. The van der Waals surface area contributed by atoms with Gasteiger partial charge in [0.1, 0.15) is 16.9 Å². The van der Waals surface area contributed by atoms with Crippen LogP contribution in [0, 0.1) is 0 Å². The SMILES string of the molecule is COc1cc2c(cc1NC(=O)C(C)OC(=O)CCN1C(=O)c3ccccc3C1=O)oc1ccccc12. The third-order valence-corrected chi connectivity index (χ3v) is 6.05. The number of para-hydroxylation sites is 1. The van der Waals surface area contributed by atoms with Crippen LogP contribution in [0.25, 0.3) is 21.9 Å². The number of methoxy groups -OCH3 is 1. The Bertz CT molecular complexity index is 1500. The number of ether oxygens (including phenoxy) is 2. The highest BCUT2D eigenvalue weighted by molar-refractivity contribution is 6.21. The highest BCUT2D eigenvalue weighted by Crippen LogP contribution is 2.36. The van der Waals surface area contributed by atoms with Gasteiger partial charge < -0.3 is 19.2 Å². The molecule has 9 heteroatoms. The minimum atomic E-state index is -1.13. The summed E-state index contributed by atoms with van der Waals surface area (Å²) in [5.41, 5.74) is 2.25. The van der Waals surface area contributed by atoms with Crippen molar-refractivity contribution in [2.75, 3.05) is 19.0 Å². The molecule has 0 spiro atoms. The standard InChI is InChI=1S/C27H22N2O7/c1-15(35-24(30)11-12-29-26(32)17-8-3-4-9-18(17)27(29)33)25(31)28-20-14-22-19(13-23(20)34-2)16-7-5-6-10-21(16)36-22/h3-10,13-15H,11-12H2,1-2H3,(H,28,31). The number of carbonyl (C=O) groups is 4. The molecule has 1 aliphatic heterocycles. The summed E-state index contributed by atoms with van der Waals surface area (Å²) in [6.07, 6.45) is -1.37. The number of furan rings is 1. The van der Waals surface area contributed by atoms with Gasteiger partial charge in [0.2, 0.25) is 0 Å². The van der Waals surface area contributed by atoms with Gasteiger partial charge in [-0.3, -0.25) is 24.1 Å². The first-order chi connectivity index (χ1) is 17.4. The minimum Gasteiger partial charge on any atom is -0.495 e. The van der Waals surface area contributed by atoms with Gasteiger partial charge in [-0.15, -0.1) is 0 Å². The van der Waals surface area contributed by atoms with Crippen molar-refractivity contribution < 1.29 is 33.1 Å². The molecule has 3 aromatic carbocycles. The number of esters is 1. The van der Waals surface area contributed by atoms with E-state index in [-0.39, 0.29) is 13.0 Å². The van der Waals surface area contributed by atoms with E-state index in [0.717, 1.165) is 15.7 Å². The maximum Gasteiger partial charge on any atom is 0.308 e. The molecule has 1 aliphatic rings. The van der Waals surface area contributed by atoms with Crippen LogP contribution in [0.5, 0.6) is 5.75 Å². The molecule has 3 amide bonds. The molecule has 4 aromatic rings. The fraction of sp³-hybridized carbons (Fsp3) is 0.185. The molecule has 2 heterocycles. The zero-order valence-electron chi connectivity index (χ0n) is 19.6. The molecular formula is C27H22N2O7. The highest BCUT2D eigenvalue weighted by atomic mass is 16.5. The summed E-state index contributed by atoms with van der Waals surface area (Å²) in [5.74, 6) is -1.78. The van der Waals surface area contributed by atoms with E-state index >= 15 is 0 Å². The molecule has 0 saturated carbocycles. The molecule has 0 radical (unpaired) electrons. The molecule has 0 fully saturated rings. The lowest BCUT2D eigenvalue weighted by molar-refractivity contribution is -0.153. The second kappa shape index (κ2) is 9.18. The van der Waals surface area contributed by atoms with Crippen LogP contribution < -0.4 is 10.1 Å². The smallest absolute Gasteiger partial charge is 0.308 e. The first-order valence-corrected chi connectivity index (χ1v) is 11.3. The summed E-state index contributed by atoms with van der Waals surface area (Å²) in [6, 6.07) is 17.5. The van der Waals surface area contributed by atoms with Crippen molar-refractivity contribution in [3.8, 4) is 5.75 Å². The number of benzene rings is 3. The molecule has 9 nitrogen and oxygen atoms in total. The predicted octanol–water partition coefficient (Wildman–Crippen LogP) is 4.15. The summed E-state index contributed by atoms with van der Waals surface area (Å²) in [7, 11) is 1.49. The van der Waals surface area contributed by atoms with E-state index in [1.54, 1.807) is 36.4 Å². The van der Waals surface area contributed by atoms with Crippen molar-refractivity contribution in [3.63, 3.8) is 0 Å². The van der Waals surface area contributed by atoms with Crippen LogP contribution >= 0.6 is 0 Å². The van der Waals surface area contributed by atoms with Gasteiger partial charge in [0.15, 0.2) is 6.10 Å². The molecule has 0 bridgehead atoms. The second-order valence-corrected chi connectivity index (χ2v) is 8.33. The molecule has 1 aromatic heterocycles. The average molecular weight is 486 g/mol. The maximum absolute atomic E-state index is 12.7. The first kappa shape index (κ1) is 23.1. The number of hydrogen-bond acceptors (Lipinski definition) is 7. The average Bonchev–Trinajstić information content (AvgIpc) is 3.36. The summed E-state index contributed by atoms with van der Waals surface area (Å²) in [4.78, 5) is 51.0. The Morgan fingerprint density at radius 3 is 2.31 bits per heavy atom. The lowest BCUT2D eigenvalue weighted by Gasteiger charge is -2.17. The van der Waals surface area contributed by atoms with Gasteiger partial charge in [-0.2, -0.15) is 0 Å². The number of imide groups is 1. The van der Waals surface area contributed by atoms with Gasteiger partial charge in [0.05, 0.1) is 30.3 Å². The number of hydrogen-bond donors (Lipinski definition) is 1. The normalized spacial score (nSPS) is 13.7. The van der Waals surface area contributed by atoms with Crippen LogP contribution in [-0.4, -0.2) is 48.3 Å². The van der Waals surface area contributed by atoms with Crippen molar-refractivity contribution in [2.45, 2.75) is 19.4 Å². The van der Waals surface area contributed by atoms with E-state index in [4.69, 9.17) is 13.9 Å². The number of amides is 3. The Morgan fingerprint density at radius 1 is 0.944 bits per heavy atom. The van der Waals surface area contributed by atoms with E-state index in [9.17, 15) is 19.2 Å². The number of nitrogens with zero attached hydrogens (tertiary/aromatic N) is 1. The molecule has 182 valence electrons. The van der Waals surface area contributed by atoms with Crippen molar-refractivity contribution in [1.29, 1.82) is 0 Å². The Labute approximate surface area is 205 Å². The number of carbonyl (C=O) groups excluding carboxylic acids is 4. The number of fused-ring (bicyclic) bond motifs is 4. The molecule has 36 heavy (non-hydrogen) atoms. The van der Waals surface area contributed by atoms with Gasteiger partial charge in [-0.05, 0) is 31.2 Å². The number of nitrogens with one attached hydrogen (secondary N) is 1. The third kappa shape index (κ3) is 4.04. The van der Waals surface area contributed by atoms with Crippen LogP contribution in [0.1, 0.15) is 34.1 Å². The van der Waals surface area contributed by atoms with Crippen LogP contribution in [0.3, 0.4) is 0 Å². The minimum absolute atomic E-state index is 0.143. The summed E-state index contributed by atoms with van der Waals surface area (Å²) in [5, 5.41) is 4.47. The molecular weight excluding hydrogens is 464 g/mol. The fourth-order valence-corrected chi connectivity index (χ4v) is 4.21. The maximum atomic E-state index is 12.7. The lowest BCUT2D eigenvalue weighted by Crippen LogP contribution is -2.34. The van der Waals surface area contributed by atoms with E-state index in [2.05, 4.69) is 5.32 Å². The van der Waals surface area contributed by atoms with Crippen molar-refractivity contribution >= 4 is 51.3 Å². The van der Waals surface area contributed by atoms with Crippen LogP contribution in [0.15, 0.2) is 65.1 Å². The Balaban J connectivity index is 1.22. The van der Waals surface area contributed by atoms with Crippen molar-refractivity contribution in [3.05, 3.63) is 71.8 Å². The monoisotopic (exact) mass is 486 g/mol. The summed E-state index contributed by atoms with van der Waals surface area (Å²) >= 11 is 0. The number of rotatable bonds is 7. The Morgan fingerprint density at radius 2 is 1.61 bits per heavy atom. The number of anilines is 1. The van der Waals surface area contributed by atoms with Crippen LogP contribution in [-0.2, 0) is 14.3 Å². The third-order valence-electron chi connectivity index (χ3n) is 6.05. The topological polar surface area (TPSA) is 115 Å². The van der Waals surface area contributed by atoms with Crippen LogP contribution in [0.4, 0.5) is 5.69 Å². The first-order valence-electron chi connectivity index (χ1n) is 11.3. The summed E-state index contributed by atoms with van der Waals surface area (Å²) < 4.78 is 16.5. The lowest BCUT2D eigenvalue weighted by atomic mass is 10.1. The predicted molar refractivity (Wildman–Crippen MR) is 131 cm³/mol. The van der Waals surface area contributed by atoms with E-state index < -0.39 is 29.8 Å². The Hall–Kier alpha value is -4.66. The zero-order valence-corrected chi connectivity index (χ0v) is 19.6.